The zero-order chi connectivity index (χ0) is 16.5. The van der Waals surface area contributed by atoms with E-state index in [-0.39, 0.29) is 10.2 Å². The van der Waals surface area contributed by atoms with Gasteiger partial charge in [0.15, 0.2) is 0 Å². The van der Waals surface area contributed by atoms with Crippen molar-refractivity contribution in [3.8, 4) is 0 Å². The molecule has 4 heteroatoms. The van der Waals surface area contributed by atoms with E-state index in [1.807, 2.05) is 0 Å². The van der Waals surface area contributed by atoms with Crippen molar-refractivity contribution in [2.75, 3.05) is 0 Å². The van der Waals surface area contributed by atoms with Gasteiger partial charge in [0.25, 0.3) is 0 Å². The van der Waals surface area contributed by atoms with Crippen LogP contribution in [0.3, 0.4) is 0 Å². The summed E-state index contributed by atoms with van der Waals surface area (Å²) in [6.45, 7) is 15.4. The average Bonchev–Trinajstić information content (AvgIpc) is 2.63. The summed E-state index contributed by atoms with van der Waals surface area (Å²) in [5, 5.41) is 1.34. The monoisotopic (exact) mass is 382 g/mol. The van der Waals surface area contributed by atoms with Crippen molar-refractivity contribution in [3.05, 3.63) is 34.4 Å². The Morgan fingerprint density at radius 3 is 2.41 bits per heavy atom. The summed E-state index contributed by atoms with van der Waals surface area (Å²) in [6, 6.07) is 6.57. The Kier molecular flexibility index (Phi) is 5.35. The van der Waals surface area contributed by atoms with Crippen molar-refractivity contribution in [2.45, 2.75) is 59.4 Å². The van der Waals surface area contributed by atoms with Crippen molar-refractivity contribution in [3.63, 3.8) is 0 Å². The Morgan fingerprint density at radius 2 is 1.82 bits per heavy atom. The molecular weight excluding hydrogens is 356 g/mol. The molecule has 2 rings (SSSR count). The van der Waals surface area contributed by atoms with Crippen LogP contribution in [0.4, 0.5) is 0 Å². The summed E-state index contributed by atoms with van der Waals surface area (Å²) in [5.41, 5.74) is 2.93. The van der Waals surface area contributed by atoms with Crippen LogP contribution in [0.1, 0.15) is 47.1 Å². The van der Waals surface area contributed by atoms with Crippen LogP contribution in [0.25, 0.3) is 10.9 Å². The van der Waals surface area contributed by atoms with E-state index in [2.05, 4.69) is 91.2 Å². The fraction of sp³-hybridized carbons (Fsp3) is 0.556. The lowest BCUT2D eigenvalue weighted by Gasteiger charge is -2.20. The van der Waals surface area contributed by atoms with Crippen LogP contribution in [0.2, 0.25) is 0 Å². The Balaban J connectivity index is 2.30. The Labute approximate surface area is 147 Å². The molecule has 0 saturated carbocycles. The van der Waals surface area contributed by atoms with Gasteiger partial charge in [-0.15, -0.1) is 0 Å². The van der Waals surface area contributed by atoms with Crippen molar-refractivity contribution >= 4 is 38.8 Å². The van der Waals surface area contributed by atoms with E-state index in [0.29, 0.717) is 0 Å². The molecule has 122 valence electrons. The molecule has 0 aliphatic heterocycles. The standard InChI is InChI=1S/C18H27BrN2S/c1-17(2,3)12-21-11-13(10-20-22-18(4,5)6)15-8-7-14(19)9-16(15)21/h7-9,11,20H,10,12H2,1-6H3. The van der Waals surface area contributed by atoms with Crippen molar-refractivity contribution in [1.29, 1.82) is 0 Å². The highest BCUT2D eigenvalue weighted by Gasteiger charge is 2.16. The fourth-order valence-corrected chi connectivity index (χ4v) is 3.46. The molecule has 0 spiro atoms. The third-order valence-corrected chi connectivity index (χ3v) is 4.61. The zero-order valence-corrected chi connectivity index (χ0v) is 16.9. The number of rotatable bonds is 4. The SMILES string of the molecule is CC(C)(C)Cn1cc(CNSC(C)(C)C)c2ccc(Br)cc21. The molecule has 2 aromatic rings. The summed E-state index contributed by atoms with van der Waals surface area (Å²) in [7, 11) is 0. The minimum Gasteiger partial charge on any atom is -0.347 e. The van der Waals surface area contributed by atoms with Gasteiger partial charge < -0.3 is 4.57 Å². The van der Waals surface area contributed by atoms with Gasteiger partial charge in [0.05, 0.1) is 0 Å². The molecule has 0 aliphatic rings. The number of aromatic nitrogens is 1. The molecule has 1 aromatic carbocycles. The first-order valence-electron chi connectivity index (χ1n) is 7.73. The highest BCUT2D eigenvalue weighted by molar-refractivity contribution is 9.10. The molecule has 0 radical (unpaired) electrons. The van der Waals surface area contributed by atoms with Gasteiger partial charge in [0.1, 0.15) is 0 Å². The first-order chi connectivity index (χ1) is 10.1. The molecule has 0 saturated heterocycles. The highest BCUT2D eigenvalue weighted by Crippen LogP contribution is 2.29. The third kappa shape index (κ3) is 5.04. The summed E-state index contributed by atoms with van der Waals surface area (Å²) < 4.78 is 7.27. The normalized spacial score (nSPS) is 13.0. The molecule has 22 heavy (non-hydrogen) atoms. The maximum absolute atomic E-state index is 3.60. The molecule has 0 aliphatic carbocycles. The molecule has 0 atom stereocenters. The van der Waals surface area contributed by atoms with E-state index in [1.54, 1.807) is 11.9 Å². The van der Waals surface area contributed by atoms with Gasteiger partial charge in [-0.3, -0.25) is 4.72 Å². The summed E-state index contributed by atoms with van der Waals surface area (Å²) in [5.74, 6) is 0. The van der Waals surface area contributed by atoms with Crippen LogP contribution in [0.15, 0.2) is 28.9 Å². The Bertz CT molecular complexity index is 647. The van der Waals surface area contributed by atoms with Crippen LogP contribution in [0, 0.1) is 5.41 Å². The van der Waals surface area contributed by atoms with Crippen LogP contribution >= 0.6 is 27.9 Å². The van der Waals surface area contributed by atoms with Crippen LogP contribution in [-0.4, -0.2) is 9.31 Å². The van der Waals surface area contributed by atoms with E-state index in [1.165, 1.54) is 16.5 Å². The largest absolute Gasteiger partial charge is 0.347 e. The number of halogens is 1. The third-order valence-electron chi connectivity index (χ3n) is 3.21. The number of hydrogen-bond donors (Lipinski definition) is 1. The smallest absolute Gasteiger partial charge is 0.0495 e. The van der Waals surface area contributed by atoms with Crippen LogP contribution in [0.5, 0.6) is 0 Å². The number of hydrogen-bond acceptors (Lipinski definition) is 2. The van der Waals surface area contributed by atoms with E-state index >= 15 is 0 Å². The highest BCUT2D eigenvalue weighted by atomic mass is 79.9. The Hall–Kier alpha value is -0.450. The van der Waals surface area contributed by atoms with Gasteiger partial charge in [0, 0.05) is 39.4 Å². The van der Waals surface area contributed by atoms with E-state index in [4.69, 9.17) is 0 Å². The minimum atomic E-state index is 0.229. The van der Waals surface area contributed by atoms with Gasteiger partial charge in [0.2, 0.25) is 0 Å². The van der Waals surface area contributed by atoms with E-state index in [0.717, 1.165) is 17.6 Å². The predicted octanol–water partition coefficient (Wildman–Crippen LogP) is 5.99. The topological polar surface area (TPSA) is 17.0 Å². The van der Waals surface area contributed by atoms with Crippen molar-refractivity contribution in [1.82, 2.24) is 9.29 Å². The average molecular weight is 383 g/mol. The fourth-order valence-electron chi connectivity index (χ4n) is 2.45. The number of nitrogens with zero attached hydrogens (tertiary/aromatic N) is 1. The summed E-state index contributed by atoms with van der Waals surface area (Å²) in [6.07, 6.45) is 2.30. The van der Waals surface area contributed by atoms with Crippen LogP contribution < -0.4 is 4.72 Å². The molecule has 1 heterocycles. The van der Waals surface area contributed by atoms with Gasteiger partial charge in [-0.25, -0.2) is 0 Å². The summed E-state index contributed by atoms with van der Waals surface area (Å²) in [4.78, 5) is 0. The number of fused-ring (bicyclic) bond motifs is 1. The molecule has 0 bridgehead atoms. The first kappa shape index (κ1) is 17.9. The van der Waals surface area contributed by atoms with Gasteiger partial charge in [-0.05, 0) is 43.9 Å². The maximum atomic E-state index is 3.60. The van der Waals surface area contributed by atoms with E-state index < -0.39 is 0 Å². The van der Waals surface area contributed by atoms with Crippen LogP contribution in [-0.2, 0) is 13.1 Å². The first-order valence-corrected chi connectivity index (χ1v) is 9.34. The quantitative estimate of drug-likeness (QED) is 0.654. The van der Waals surface area contributed by atoms with Gasteiger partial charge >= 0.3 is 0 Å². The lowest BCUT2D eigenvalue weighted by atomic mass is 9.97. The molecule has 0 amide bonds. The second kappa shape index (κ2) is 6.58. The van der Waals surface area contributed by atoms with E-state index in [9.17, 15) is 0 Å². The molecule has 1 aromatic heterocycles. The lowest BCUT2D eigenvalue weighted by Crippen LogP contribution is -2.16. The Morgan fingerprint density at radius 1 is 1.14 bits per heavy atom. The second-order valence-corrected chi connectivity index (χ2v) is 10.7. The molecule has 2 nitrogen and oxygen atoms in total. The second-order valence-electron chi connectivity index (χ2n) is 8.04. The molecule has 0 unspecified atom stereocenters. The van der Waals surface area contributed by atoms with Gasteiger partial charge in [-0.1, -0.05) is 54.7 Å². The van der Waals surface area contributed by atoms with Crippen molar-refractivity contribution in [2.24, 2.45) is 5.41 Å². The molecule has 1 N–H and O–H groups in total. The maximum Gasteiger partial charge on any atom is 0.0495 e. The predicted molar refractivity (Wildman–Crippen MR) is 103 cm³/mol. The molecule has 0 fully saturated rings. The zero-order valence-electron chi connectivity index (χ0n) is 14.5. The molecular formula is C18H27BrN2S. The number of nitrogens with one attached hydrogen (secondary N) is 1. The lowest BCUT2D eigenvalue weighted by molar-refractivity contribution is 0.349. The summed E-state index contributed by atoms with van der Waals surface area (Å²) >= 11 is 5.40. The number of benzene rings is 1. The van der Waals surface area contributed by atoms with Gasteiger partial charge in [-0.2, -0.15) is 0 Å². The minimum absolute atomic E-state index is 0.229. The van der Waals surface area contributed by atoms with Crippen molar-refractivity contribution < 1.29 is 0 Å².